The van der Waals surface area contributed by atoms with Crippen LogP contribution in [-0.4, -0.2) is 5.11 Å². The largest absolute Gasteiger partial charge is 0.416 e. The average Bonchev–Trinajstić information content (AvgIpc) is 2.15. The molecule has 1 aromatic carbocycles. The van der Waals surface area contributed by atoms with Crippen LogP contribution in [0, 0.1) is 6.92 Å². The zero-order valence-electron chi connectivity index (χ0n) is 10.2. The molecule has 0 saturated carbocycles. The molecule has 0 aliphatic heterocycles. The van der Waals surface area contributed by atoms with E-state index in [-0.39, 0.29) is 0 Å². The fourth-order valence-corrected chi connectivity index (χ4v) is 2.07. The van der Waals surface area contributed by atoms with Crippen LogP contribution in [-0.2, 0) is 11.8 Å². The Morgan fingerprint density at radius 2 is 1.82 bits per heavy atom. The van der Waals surface area contributed by atoms with Crippen LogP contribution in [0.15, 0.2) is 18.2 Å². The normalized spacial score (nSPS) is 15.7. The SMILES string of the molecule is CCCC(C)(O)c1ccc(C(F)(F)F)cc1C. The minimum absolute atomic E-state index is 0.471. The van der Waals surface area contributed by atoms with Gasteiger partial charge in [0.15, 0.2) is 0 Å². The molecule has 0 bridgehead atoms. The molecule has 1 rings (SSSR count). The summed E-state index contributed by atoms with van der Waals surface area (Å²) in [5, 5.41) is 10.2. The van der Waals surface area contributed by atoms with Crippen molar-refractivity contribution in [2.75, 3.05) is 0 Å². The van der Waals surface area contributed by atoms with Crippen LogP contribution >= 0.6 is 0 Å². The van der Waals surface area contributed by atoms with E-state index in [0.717, 1.165) is 18.6 Å². The van der Waals surface area contributed by atoms with Crippen molar-refractivity contribution in [3.05, 3.63) is 34.9 Å². The molecule has 0 saturated heterocycles. The lowest BCUT2D eigenvalue weighted by molar-refractivity contribution is -0.137. The van der Waals surface area contributed by atoms with Gasteiger partial charge in [0.25, 0.3) is 0 Å². The molecule has 1 aromatic rings. The number of aliphatic hydroxyl groups is 1. The molecule has 0 heterocycles. The predicted octanol–water partition coefficient (Wildman–Crippen LogP) is 4.02. The molecule has 0 aromatic heterocycles. The smallest absolute Gasteiger partial charge is 0.385 e. The topological polar surface area (TPSA) is 20.2 Å². The highest BCUT2D eigenvalue weighted by Gasteiger charge is 2.32. The summed E-state index contributed by atoms with van der Waals surface area (Å²) in [6.45, 7) is 5.15. The van der Waals surface area contributed by atoms with Gasteiger partial charge in [-0.05, 0) is 43.5 Å². The zero-order valence-corrected chi connectivity index (χ0v) is 10.2. The quantitative estimate of drug-likeness (QED) is 0.854. The third kappa shape index (κ3) is 3.22. The molecule has 1 nitrogen and oxygen atoms in total. The summed E-state index contributed by atoms with van der Waals surface area (Å²) in [5.74, 6) is 0. The maximum atomic E-state index is 12.5. The van der Waals surface area contributed by atoms with E-state index in [0.29, 0.717) is 17.5 Å². The summed E-state index contributed by atoms with van der Waals surface area (Å²) < 4.78 is 37.4. The fraction of sp³-hybridized carbons (Fsp3) is 0.538. The molecule has 0 aliphatic rings. The lowest BCUT2D eigenvalue weighted by Crippen LogP contribution is -2.22. The van der Waals surface area contributed by atoms with Crippen LogP contribution in [0.3, 0.4) is 0 Å². The number of hydrogen-bond donors (Lipinski definition) is 1. The van der Waals surface area contributed by atoms with Gasteiger partial charge in [0, 0.05) is 0 Å². The van der Waals surface area contributed by atoms with E-state index >= 15 is 0 Å². The molecule has 0 aliphatic carbocycles. The molecule has 0 radical (unpaired) electrons. The predicted molar refractivity (Wildman–Crippen MR) is 60.7 cm³/mol. The van der Waals surface area contributed by atoms with Crippen molar-refractivity contribution in [3.63, 3.8) is 0 Å². The van der Waals surface area contributed by atoms with Crippen LogP contribution in [0.1, 0.15) is 43.4 Å². The Morgan fingerprint density at radius 3 is 2.24 bits per heavy atom. The number of halogens is 3. The first-order valence-corrected chi connectivity index (χ1v) is 5.59. The molecule has 17 heavy (non-hydrogen) atoms. The first-order valence-electron chi connectivity index (χ1n) is 5.59. The van der Waals surface area contributed by atoms with Gasteiger partial charge in [0.2, 0.25) is 0 Å². The number of rotatable bonds is 3. The Kier molecular flexibility index (Phi) is 3.87. The first kappa shape index (κ1) is 14.0. The van der Waals surface area contributed by atoms with Crippen molar-refractivity contribution >= 4 is 0 Å². The Morgan fingerprint density at radius 1 is 1.24 bits per heavy atom. The van der Waals surface area contributed by atoms with E-state index < -0.39 is 17.3 Å². The van der Waals surface area contributed by atoms with Crippen molar-refractivity contribution < 1.29 is 18.3 Å². The Balaban J connectivity index is 3.14. The molecule has 1 atom stereocenters. The number of alkyl halides is 3. The Bertz CT molecular complexity index is 394. The number of hydrogen-bond acceptors (Lipinski definition) is 1. The highest BCUT2D eigenvalue weighted by atomic mass is 19.4. The van der Waals surface area contributed by atoms with Crippen LogP contribution < -0.4 is 0 Å². The van der Waals surface area contributed by atoms with Gasteiger partial charge in [-0.3, -0.25) is 0 Å². The molecule has 0 fully saturated rings. The van der Waals surface area contributed by atoms with Gasteiger partial charge < -0.3 is 5.11 Å². The first-order chi connectivity index (χ1) is 7.68. The molecule has 0 amide bonds. The van der Waals surface area contributed by atoms with Crippen molar-refractivity contribution in [1.29, 1.82) is 0 Å². The van der Waals surface area contributed by atoms with Crippen LogP contribution in [0.4, 0.5) is 13.2 Å². The van der Waals surface area contributed by atoms with Gasteiger partial charge in [0.05, 0.1) is 11.2 Å². The summed E-state index contributed by atoms with van der Waals surface area (Å²) in [6, 6.07) is 3.47. The van der Waals surface area contributed by atoms with E-state index in [1.165, 1.54) is 6.07 Å². The molecular weight excluding hydrogens is 229 g/mol. The summed E-state index contributed by atoms with van der Waals surface area (Å²) in [7, 11) is 0. The van der Waals surface area contributed by atoms with Gasteiger partial charge in [-0.25, -0.2) is 0 Å². The number of aryl methyl sites for hydroxylation is 1. The molecule has 1 unspecified atom stereocenters. The van der Waals surface area contributed by atoms with Crippen molar-refractivity contribution in [2.45, 2.75) is 45.4 Å². The van der Waals surface area contributed by atoms with E-state index in [2.05, 4.69) is 0 Å². The standard InChI is InChI=1S/C13H17F3O/c1-4-7-12(3,17)11-6-5-10(8-9(11)2)13(14,15)16/h5-6,8,17H,4,7H2,1-3H3. The molecular formula is C13H17F3O. The lowest BCUT2D eigenvalue weighted by Gasteiger charge is -2.25. The molecule has 1 N–H and O–H groups in total. The fourth-order valence-electron chi connectivity index (χ4n) is 2.07. The monoisotopic (exact) mass is 246 g/mol. The van der Waals surface area contributed by atoms with Crippen LogP contribution in [0.5, 0.6) is 0 Å². The second kappa shape index (κ2) is 4.69. The summed E-state index contributed by atoms with van der Waals surface area (Å²) in [6.07, 6.45) is -3.04. The number of benzene rings is 1. The van der Waals surface area contributed by atoms with Gasteiger partial charge >= 0.3 is 6.18 Å². The third-order valence-electron chi connectivity index (χ3n) is 2.87. The van der Waals surface area contributed by atoms with E-state index in [9.17, 15) is 18.3 Å². The van der Waals surface area contributed by atoms with Gasteiger partial charge in [-0.1, -0.05) is 19.4 Å². The maximum Gasteiger partial charge on any atom is 0.416 e. The average molecular weight is 246 g/mol. The summed E-state index contributed by atoms with van der Waals surface area (Å²) in [5.41, 5.74) is -0.708. The zero-order chi connectivity index (χ0) is 13.3. The van der Waals surface area contributed by atoms with Gasteiger partial charge in [0.1, 0.15) is 0 Å². The second-order valence-electron chi connectivity index (χ2n) is 4.55. The molecule has 4 heteroatoms. The minimum Gasteiger partial charge on any atom is -0.385 e. The van der Waals surface area contributed by atoms with Crippen molar-refractivity contribution in [2.24, 2.45) is 0 Å². The molecule has 0 spiro atoms. The van der Waals surface area contributed by atoms with E-state index in [4.69, 9.17) is 0 Å². The van der Waals surface area contributed by atoms with Crippen molar-refractivity contribution in [1.82, 2.24) is 0 Å². The maximum absolute atomic E-state index is 12.5. The van der Waals surface area contributed by atoms with Crippen LogP contribution in [0.25, 0.3) is 0 Å². The Labute approximate surface area is 99.3 Å². The highest BCUT2D eigenvalue weighted by Crippen LogP contribution is 2.34. The summed E-state index contributed by atoms with van der Waals surface area (Å²) in [4.78, 5) is 0. The van der Waals surface area contributed by atoms with Gasteiger partial charge in [-0.15, -0.1) is 0 Å². The molecule has 96 valence electrons. The van der Waals surface area contributed by atoms with Crippen LogP contribution in [0.2, 0.25) is 0 Å². The van der Waals surface area contributed by atoms with Gasteiger partial charge in [-0.2, -0.15) is 13.2 Å². The highest BCUT2D eigenvalue weighted by molar-refractivity contribution is 5.36. The Hall–Kier alpha value is -1.03. The second-order valence-corrected chi connectivity index (χ2v) is 4.55. The minimum atomic E-state index is -4.33. The summed E-state index contributed by atoms with van der Waals surface area (Å²) >= 11 is 0. The van der Waals surface area contributed by atoms with Crippen molar-refractivity contribution in [3.8, 4) is 0 Å². The third-order valence-corrected chi connectivity index (χ3v) is 2.87. The lowest BCUT2D eigenvalue weighted by atomic mass is 9.87. The van der Waals surface area contributed by atoms with E-state index in [1.807, 2.05) is 6.92 Å². The van der Waals surface area contributed by atoms with E-state index in [1.54, 1.807) is 13.8 Å².